The number of aromatic nitrogens is 2. The lowest BCUT2D eigenvalue weighted by atomic mass is 10.1. The monoisotopic (exact) mass is 290 g/mol. The van der Waals surface area contributed by atoms with E-state index in [-0.39, 0.29) is 0 Å². The van der Waals surface area contributed by atoms with Gasteiger partial charge in [0.2, 0.25) is 0 Å². The summed E-state index contributed by atoms with van der Waals surface area (Å²) >= 11 is 1.63. The Morgan fingerprint density at radius 2 is 2.30 bits per heavy atom. The molecule has 0 amide bonds. The molecule has 1 N–H and O–H groups in total. The van der Waals surface area contributed by atoms with Gasteiger partial charge in [-0.15, -0.1) is 11.3 Å². The highest BCUT2D eigenvalue weighted by Crippen LogP contribution is 2.24. The van der Waals surface area contributed by atoms with Crippen molar-refractivity contribution in [3.8, 4) is 10.8 Å². The van der Waals surface area contributed by atoms with Gasteiger partial charge in [0.25, 0.3) is 5.89 Å². The van der Waals surface area contributed by atoms with Gasteiger partial charge in [-0.1, -0.05) is 11.2 Å². The van der Waals surface area contributed by atoms with Crippen molar-refractivity contribution in [3.63, 3.8) is 0 Å². The Labute approximate surface area is 122 Å². The van der Waals surface area contributed by atoms with Crippen LogP contribution in [-0.4, -0.2) is 40.2 Å². The molecule has 4 rings (SSSR count). The van der Waals surface area contributed by atoms with Crippen LogP contribution in [0.1, 0.15) is 25.1 Å². The average molecular weight is 290 g/mol. The molecule has 2 atom stereocenters. The number of nitrogens with one attached hydrogen (secondary N) is 1. The molecule has 0 aliphatic carbocycles. The lowest BCUT2D eigenvalue weighted by Crippen LogP contribution is -2.35. The molecule has 106 valence electrons. The Morgan fingerprint density at radius 1 is 1.35 bits per heavy atom. The van der Waals surface area contributed by atoms with Crippen molar-refractivity contribution in [3.05, 3.63) is 23.3 Å². The Morgan fingerprint density at radius 3 is 3.20 bits per heavy atom. The van der Waals surface area contributed by atoms with Gasteiger partial charge in [0.15, 0.2) is 5.82 Å². The summed E-state index contributed by atoms with van der Waals surface area (Å²) < 4.78 is 5.35. The third kappa shape index (κ3) is 2.51. The van der Waals surface area contributed by atoms with Gasteiger partial charge >= 0.3 is 0 Å². The summed E-state index contributed by atoms with van der Waals surface area (Å²) in [6, 6.07) is 5.38. The molecule has 2 aromatic rings. The molecule has 2 aliphatic heterocycles. The van der Waals surface area contributed by atoms with Gasteiger partial charge in [-0.2, -0.15) is 4.98 Å². The van der Waals surface area contributed by atoms with Crippen LogP contribution in [0.3, 0.4) is 0 Å². The highest BCUT2D eigenvalue weighted by molar-refractivity contribution is 7.13. The molecule has 20 heavy (non-hydrogen) atoms. The number of rotatable bonds is 3. The molecule has 2 aromatic heterocycles. The second-order valence-electron chi connectivity index (χ2n) is 5.65. The van der Waals surface area contributed by atoms with Crippen molar-refractivity contribution in [2.75, 3.05) is 13.1 Å². The van der Waals surface area contributed by atoms with Gasteiger partial charge in [-0.3, -0.25) is 4.90 Å². The Kier molecular flexibility index (Phi) is 3.29. The zero-order valence-corrected chi connectivity index (χ0v) is 12.1. The standard InChI is InChI=1S/C14H18N4OS/c1-2-12(20-7-1)14-16-13(17-19-14)9-18-6-5-10-3-4-11(8-18)15-10/h1-2,7,10-11,15H,3-6,8-9H2. The van der Waals surface area contributed by atoms with E-state index in [1.54, 1.807) is 11.3 Å². The fourth-order valence-electron chi connectivity index (χ4n) is 3.18. The largest absolute Gasteiger partial charge is 0.333 e. The molecule has 2 aliphatic rings. The van der Waals surface area contributed by atoms with Crippen LogP contribution in [0.4, 0.5) is 0 Å². The number of hydrogen-bond acceptors (Lipinski definition) is 6. The number of thiophene rings is 1. The molecular formula is C14H18N4OS. The van der Waals surface area contributed by atoms with E-state index in [9.17, 15) is 0 Å². The van der Waals surface area contributed by atoms with Crippen LogP contribution in [0.15, 0.2) is 22.0 Å². The van der Waals surface area contributed by atoms with Crippen molar-refractivity contribution in [1.82, 2.24) is 20.4 Å². The topological polar surface area (TPSA) is 54.2 Å². The maximum Gasteiger partial charge on any atom is 0.268 e. The maximum absolute atomic E-state index is 5.35. The first-order valence-corrected chi connectivity index (χ1v) is 8.09. The molecule has 2 bridgehead atoms. The zero-order chi connectivity index (χ0) is 13.4. The van der Waals surface area contributed by atoms with Gasteiger partial charge in [-0.05, 0) is 30.7 Å². The predicted molar refractivity (Wildman–Crippen MR) is 77.5 cm³/mol. The van der Waals surface area contributed by atoms with E-state index in [0.29, 0.717) is 11.9 Å². The van der Waals surface area contributed by atoms with E-state index in [4.69, 9.17) is 4.52 Å². The van der Waals surface area contributed by atoms with Crippen LogP contribution < -0.4 is 5.32 Å². The first-order chi connectivity index (χ1) is 9.87. The summed E-state index contributed by atoms with van der Waals surface area (Å²) in [5.41, 5.74) is 0. The Hall–Kier alpha value is -1.24. The molecule has 0 saturated carbocycles. The lowest BCUT2D eigenvalue weighted by molar-refractivity contribution is 0.241. The number of fused-ring (bicyclic) bond motifs is 2. The summed E-state index contributed by atoms with van der Waals surface area (Å²) in [6.45, 7) is 3.01. The smallest absolute Gasteiger partial charge is 0.268 e. The number of likely N-dealkylation sites (tertiary alicyclic amines) is 1. The summed E-state index contributed by atoms with van der Waals surface area (Å²) in [5.74, 6) is 1.44. The molecular weight excluding hydrogens is 272 g/mol. The van der Waals surface area contributed by atoms with Gasteiger partial charge in [0.1, 0.15) is 0 Å². The molecule has 4 heterocycles. The van der Waals surface area contributed by atoms with Crippen molar-refractivity contribution < 1.29 is 4.52 Å². The van der Waals surface area contributed by atoms with Crippen molar-refractivity contribution in [2.24, 2.45) is 0 Å². The molecule has 2 fully saturated rings. The fraction of sp³-hybridized carbons (Fsp3) is 0.571. The van der Waals surface area contributed by atoms with E-state index in [2.05, 4.69) is 20.4 Å². The Bertz CT molecular complexity index is 568. The zero-order valence-electron chi connectivity index (χ0n) is 11.3. The highest BCUT2D eigenvalue weighted by Gasteiger charge is 2.29. The van der Waals surface area contributed by atoms with E-state index in [1.807, 2.05) is 17.5 Å². The minimum absolute atomic E-state index is 0.643. The fourth-order valence-corrected chi connectivity index (χ4v) is 3.82. The van der Waals surface area contributed by atoms with Crippen molar-refractivity contribution in [2.45, 2.75) is 37.9 Å². The van der Waals surface area contributed by atoms with Crippen molar-refractivity contribution in [1.29, 1.82) is 0 Å². The van der Waals surface area contributed by atoms with E-state index >= 15 is 0 Å². The van der Waals surface area contributed by atoms with Gasteiger partial charge in [0, 0.05) is 25.2 Å². The van der Waals surface area contributed by atoms with Crippen LogP contribution in [-0.2, 0) is 6.54 Å². The second-order valence-corrected chi connectivity index (χ2v) is 6.60. The third-order valence-corrected chi connectivity index (χ3v) is 5.03. The SMILES string of the molecule is c1csc(-c2nc(CN3CCC4CCC(C3)N4)no2)c1. The molecule has 0 spiro atoms. The lowest BCUT2D eigenvalue weighted by Gasteiger charge is -2.22. The van der Waals surface area contributed by atoms with Crippen LogP contribution in [0.5, 0.6) is 0 Å². The molecule has 2 unspecified atom stereocenters. The van der Waals surface area contributed by atoms with E-state index in [1.165, 1.54) is 19.3 Å². The molecule has 6 heteroatoms. The third-order valence-electron chi connectivity index (χ3n) is 4.17. The highest BCUT2D eigenvalue weighted by atomic mass is 32.1. The normalized spacial score (nSPS) is 26.8. The molecule has 5 nitrogen and oxygen atoms in total. The van der Waals surface area contributed by atoms with Gasteiger partial charge < -0.3 is 9.84 Å². The predicted octanol–water partition coefficient (Wildman–Crippen LogP) is 2.12. The van der Waals surface area contributed by atoms with Crippen molar-refractivity contribution >= 4 is 11.3 Å². The molecule has 0 aromatic carbocycles. The van der Waals surface area contributed by atoms with Gasteiger partial charge in [0.05, 0.1) is 11.4 Å². The minimum Gasteiger partial charge on any atom is -0.333 e. The summed E-state index contributed by atoms with van der Waals surface area (Å²) in [6.07, 6.45) is 3.86. The Balaban J connectivity index is 1.44. The number of hydrogen-bond donors (Lipinski definition) is 1. The van der Waals surface area contributed by atoms with E-state index < -0.39 is 0 Å². The minimum atomic E-state index is 0.643. The molecule has 2 saturated heterocycles. The quantitative estimate of drug-likeness (QED) is 0.938. The summed E-state index contributed by atoms with van der Waals surface area (Å²) in [7, 11) is 0. The van der Waals surface area contributed by atoms with Crippen LogP contribution in [0.2, 0.25) is 0 Å². The maximum atomic E-state index is 5.35. The van der Waals surface area contributed by atoms with Crippen LogP contribution in [0, 0.1) is 0 Å². The molecule has 0 radical (unpaired) electrons. The van der Waals surface area contributed by atoms with Crippen LogP contribution >= 0.6 is 11.3 Å². The first-order valence-electron chi connectivity index (χ1n) is 7.22. The number of nitrogens with zero attached hydrogens (tertiary/aromatic N) is 3. The first kappa shape index (κ1) is 12.5. The average Bonchev–Trinajstić information content (AvgIpc) is 3.13. The van der Waals surface area contributed by atoms with E-state index in [0.717, 1.165) is 36.4 Å². The second kappa shape index (κ2) is 5.27. The summed E-state index contributed by atoms with van der Waals surface area (Å²) in [5, 5.41) is 9.83. The van der Waals surface area contributed by atoms with Gasteiger partial charge in [-0.25, -0.2) is 0 Å². The summed E-state index contributed by atoms with van der Waals surface area (Å²) in [4.78, 5) is 8.00. The van der Waals surface area contributed by atoms with Crippen LogP contribution in [0.25, 0.3) is 10.8 Å².